The van der Waals surface area contributed by atoms with Gasteiger partial charge in [-0.15, -0.1) is 0 Å². The minimum Gasteiger partial charge on any atom is -0.351 e. The second-order valence-corrected chi connectivity index (χ2v) is 7.23. The molecule has 0 heterocycles. The van der Waals surface area contributed by atoms with Crippen molar-refractivity contribution in [1.29, 1.82) is 0 Å². The summed E-state index contributed by atoms with van der Waals surface area (Å²) >= 11 is 0. The molecule has 1 fully saturated rings. The molecule has 2 rings (SSSR count). The molecular formula is C13H15N3O5S. The predicted octanol–water partition coefficient (Wildman–Crippen LogP) is 0.0108. The van der Waals surface area contributed by atoms with E-state index in [1.807, 2.05) is 5.32 Å². The van der Waals surface area contributed by atoms with Crippen LogP contribution in [-0.2, 0) is 14.6 Å². The van der Waals surface area contributed by atoms with Gasteiger partial charge in [0.25, 0.3) is 5.91 Å². The highest BCUT2D eigenvalue weighted by Crippen LogP contribution is 2.28. The molecule has 0 radical (unpaired) electrons. The Morgan fingerprint density at radius 3 is 2.50 bits per heavy atom. The number of benzene rings is 1. The van der Waals surface area contributed by atoms with Crippen LogP contribution in [0.5, 0.6) is 0 Å². The molecule has 0 spiro atoms. The molecule has 0 aliphatic heterocycles. The standard InChI is InChI=1S/C13H15N3O5S/c14-13(19)16-12(18)8-2-1-3-9(6-8)15-11(17)7-22(20,21)10-4-5-10/h1-3,6,10H,4-5,7H2,(H,15,17)(H3,14,16,18,19). The maximum absolute atomic E-state index is 11.8. The van der Waals surface area contributed by atoms with E-state index >= 15 is 0 Å². The average molecular weight is 325 g/mol. The number of imide groups is 1. The van der Waals surface area contributed by atoms with Gasteiger partial charge in [-0.25, -0.2) is 13.2 Å². The van der Waals surface area contributed by atoms with Crippen LogP contribution in [-0.4, -0.2) is 37.3 Å². The van der Waals surface area contributed by atoms with Gasteiger partial charge >= 0.3 is 6.03 Å². The Hall–Kier alpha value is -2.42. The van der Waals surface area contributed by atoms with Crippen LogP contribution in [0.15, 0.2) is 24.3 Å². The third-order valence-electron chi connectivity index (χ3n) is 3.01. The topological polar surface area (TPSA) is 135 Å². The fourth-order valence-corrected chi connectivity index (χ4v) is 3.37. The molecule has 0 atom stereocenters. The van der Waals surface area contributed by atoms with Crippen molar-refractivity contribution in [1.82, 2.24) is 5.32 Å². The molecule has 1 aromatic rings. The number of urea groups is 1. The molecule has 0 unspecified atom stereocenters. The zero-order chi connectivity index (χ0) is 16.3. The molecule has 8 nitrogen and oxygen atoms in total. The SMILES string of the molecule is NC(=O)NC(=O)c1cccc(NC(=O)CS(=O)(=O)C2CC2)c1. The number of carbonyl (C=O) groups excluding carboxylic acids is 3. The van der Waals surface area contributed by atoms with Gasteiger partial charge in [-0.1, -0.05) is 6.07 Å². The first-order chi connectivity index (χ1) is 10.3. The van der Waals surface area contributed by atoms with Gasteiger partial charge in [0.2, 0.25) is 5.91 Å². The van der Waals surface area contributed by atoms with Gasteiger partial charge in [0, 0.05) is 11.3 Å². The van der Waals surface area contributed by atoms with Crippen molar-refractivity contribution >= 4 is 33.4 Å². The van der Waals surface area contributed by atoms with Crippen molar-refractivity contribution in [2.45, 2.75) is 18.1 Å². The summed E-state index contributed by atoms with van der Waals surface area (Å²) in [5.41, 5.74) is 5.22. The second-order valence-electron chi connectivity index (χ2n) is 4.95. The third kappa shape index (κ3) is 4.29. The van der Waals surface area contributed by atoms with Crippen LogP contribution in [0.25, 0.3) is 0 Å². The number of anilines is 1. The zero-order valence-corrected chi connectivity index (χ0v) is 12.4. The van der Waals surface area contributed by atoms with Gasteiger partial charge in [0.15, 0.2) is 9.84 Å². The van der Waals surface area contributed by atoms with Crippen molar-refractivity contribution in [3.8, 4) is 0 Å². The van der Waals surface area contributed by atoms with E-state index in [-0.39, 0.29) is 11.3 Å². The zero-order valence-electron chi connectivity index (χ0n) is 11.5. The van der Waals surface area contributed by atoms with Gasteiger partial charge in [0.1, 0.15) is 5.75 Å². The van der Waals surface area contributed by atoms with Gasteiger partial charge in [-0.2, -0.15) is 0 Å². The highest BCUT2D eigenvalue weighted by atomic mass is 32.2. The van der Waals surface area contributed by atoms with Crippen LogP contribution >= 0.6 is 0 Å². The third-order valence-corrected chi connectivity index (χ3v) is 5.16. The summed E-state index contributed by atoms with van der Waals surface area (Å²) in [7, 11) is -3.40. The number of carbonyl (C=O) groups is 3. The highest BCUT2D eigenvalue weighted by Gasteiger charge is 2.36. The summed E-state index contributed by atoms with van der Waals surface area (Å²) in [5, 5.41) is 3.90. The fraction of sp³-hybridized carbons (Fsp3) is 0.308. The van der Waals surface area contributed by atoms with E-state index in [0.717, 1.165) is 0 Å². The summed E-state index contributed by atoms with van der Waals surface area (Å²) in [4.78, 5) is 34.0. The number of nitrogens with two attached hydrogens (primary N) is 1. The molecule has 1 aliphatic carbocycles. The maximum atomic E-state index is 11.8. The molecule has 0 bridgehead atoms. The lowest BCUT2D eigenvalue weighted by Crippen LogP contribution is -2.35. The van der Waals surface area contributed by atoms with Crippen LogP contribution in [0.1, 0.15) is 23.2 Å². The number of sulfone groups is 1. The molecule has 118 valence electrons. The molecule has 1 saturated carbocycles. The Morgan fingerprint density at radius 1 is 1.23 bits per heavy atom. The van der Waals surface area contributed by atoms with E-state index in [2.05, 4.69) is 5.32 Å². The summed E-state index contributed by atoms with van der Waals surface area (Å²) in [6.45, 7) is 0. The Labute approximate surface area is 127 Å². The molecule has 1 aliphatic rings. The van der Waals surface area contributed by atoms with Crippen molar-refractivity contribution in [3.05, 3.63) is 29.8 Å². The van der Waals surface area contributed by atoms with Crippen molar-refractivity contribution in [3.63, 3.8) is 0 Å². The van der Waals surface area contributed by atoms with Gasteiger partial charge in [-0.3, -0.25) is 14.9 Å². The molecule has 0 saturated heterocycles. The van der Waals surface area contributed by atoms with Gasteiger partial charge < -0.3 is 11.1 Å². The quantitative estimate of drug-likeness (QED) is 0.700. The van der Waals surface area contributed by atoms with E-state index in [9.17, 15) is 22.8 Å². The van der Waals surface area contributed by atoms with Crippen molar-refractivity contribution in [2.75, 3.05) is 11.1 Å². The minimum atomic E-state index is -3.40. The summed E-state index contributed by atoms with van der Waals surface area (Å²) in [6, 6.07) is 4.74. The molecule has 0 aromatic heterocycles. The normalized spacial score (nSPS) is 14.2. The van der Waals surface area contributed by atoms with E-state index < -0.39 is 38.7 Å². The minimum absolute atomic E-state index is 0.113. The van der Waals surface area contributed by atoms with E-state index in [1.165, 1.54) is 24.3 Å². The first-order valence-corrected chi connectivity index (χ1v) is 8.22. The second kappa shape index (κ2) is 6.14. The van der Waals surface area contributed by atoms with Gasteiger partial charge in [-0.05, 0) is 31.0 Å². The highest BCUT2D eigenvalue weighted by molar-refractivity contribution is 7.93. The number of hydrogen-bond acceptors (Lipinski definition) is 5. The van der Waals surface area contributed by atoms with Gasteiger partial charge in [0.05, 0.1) is 5.25 Å². The number of hydrogen-bond donors (Lipinski definition) is 3. The van der Waals surface area contributed by atoms with Crippen LogP contribution in [0.4, 0.5) is 10.5 Å². The van der Waals surface area contributed by atoms with E-state index in [0.29, 0.717) is 12.8 Å². The number of nitrogens with one attached hydrogen (secondary N) is 2. The Bertz CT molecular complexity index is 725. The largest absolute Gasteiger partial charge is 0.351 e. The molecule has 22 heavy (non-hydrogen) atoms. The molecule has 9 heteroatoms. The van der Waals surface area contributed by atoms with Crippen LogP contribution in [0, 0.1) is 0 Å². The molecule has 1 aromatic carbocycles. The first kappa shape index (κ1) is 16.0. The summed E-state index contributed by atoms with van der Waals surface area (Å²) in [5.74, 6) is -1.97. The summed E-state index contributed by atoms with van der Waals surface area (Å²) in [6.07, 6.45) is 1.19. The lowest BCUT2D eigenvalue weighted by molar-refractivity contribution is -0.113. The smallest absolute Gasteiger partial charge is 0.319 e. The molecular weight excluding hydrogens is 310 g/mol. The lowest BCUT2D eigenvalue weighted by Gasteiger charge is -2.07. The van der Waals surface area contributed by atoms with Crippen LogP contribution < -0.4 is 16.4 Å². The number of rotatable bonds is 5. The maximum Gasteiger partial charge on any atom is 0.319 e. The monoisotopic (exact) mass is 325 g/mol. The molecule has 4 N–H and O–H groups in total. The predicted molar refractivity (Wildman–Crippen MR) is 78.9 cm³/mol. The van der Waals surface area contributed by atoms with Crippen molar-refractivity contribution < 1.29 is 22.8 Å². The summed E-state index contributed by atoms with van der Waals surface area (Å²) < 4.78 is 23.4. The molecule has 4 amide bonds. The number of amides is 4. The van der Waals surface area contributed by atoms with Crippen LogP contribution in [0.2, 0.25) is 0 Å². The average Bonchev–Trinajstić information content (AvgIpc) is 3.21. The first-order valence-electron chi connectivity index (χ1n) is 6.50. The lowest BCUT2D eigenvalue weighted by atomic mass is 10.2. The van der Waals surface area contributed by atoms with E-state index in [4.69, 9.17) is 5.73 Å². The fourth-order valence-electron chi connectivity index (χ4n) is 1.85. The Kier molecular flexibility index (Phi) is 4.45. The van der Waals surface area contributed by atoms with Crippen molar-refractivity contribution in [2.24, 2.45) is 5.73 Å². The number of primary amides is 1. The van der Waals surface area contributed by atoms with Crippen LogP contribution in [0.3, 0.4) is 0 Å². The Morgan fingerprint density at radius 2 is 1.91 bits per heavy atom. The Balaban J connectivity index is 2.02. The van der Waals surface area contributed by atoms with E-state index in [1.54, 1.807) is 0 Å².